The lowest BCUT2D eigenvalue weighted by Crippen LogP contribution is -2.17. The summed E-state index contributed by atoms with van der Waals surface area (Å²) in [5, 5.41) is 2.69. The van der Waals surface area contributed by atoms with Crippen LogP contribution in [0.5, 0.6) is 0 Å². The van der Waals surface area contributed by atoms with Gasteiger partial charge in [0.1, 0.15) is 4.83 Å². The van der Waals surface area contributed by atoms with Gasteiger partial charge in [-0.1, -0.05) is 6.92 Å². The number of thiophene rings is 2. The van der Waals surface area contributed by atoms with E-state index in [1.54, 1.807) is 35.7 Å². The Hall–Kier alpha value is -2.25. The van der Waals surface area contributed by atoms with E-state index in [2.05, 4.69) is 16.9 Å². The molecule has 5 nitrogen and oxygen atoms in total. The summed E-state index contributed by atoms with van der Waals surface area (Å²) in [6, 6.07) is 2.00. The Kier molecular flexibility index (Phi) is 5.21. The van der Waals surface area contributed by atoms with Crippen LogP contribution in [0.2, 0.25) is 0 Å². The van der Waals surface area contributed by atoms with Gasteiger partial charge in [-0.05, 0) is 67.7 Å². The van der Waals surface area contributed by atoms with E-state index < -0.39 is 12.1 Å². The van der Waals surface area contributed by atoms with E-state index in [0.29, 0.717) is 17.1 Å². The van der Waals surface area contributed by atoms with E-state index in [4.69, 9.17) is 4.74 Å². The first-order chi connectivity index (χ1) is 13.4. The van der Waals surface area contributed by atoms with Crippen molar-refractivity contribution in [3.63, 3.8) is 0 Å². The molecule has 146 valence electrons. The molecule has 0 saturated heterocycles. The van der Waals surface area contributed by atoms with Gasteiger partial charge in [-0.2, -0.15) is 0 Å². The van der Waals surface area contributed by atoms with Crippen LogP contribution in [0.25, 0.3) is 16.3 Å². The fourth-order valence-corrected chi connectivity index (χ4v) is 5.74. The number of rotatable bonds is 4. The van der Waals surface area contributed by atoms with E-state index in [-0.39, 0.29) is 5.56 Å². The molecule has 2 atom stereocenters. The SMILES string of the molecule is Cc1ccsc1/C=C/C(=O)O[C@@H](C)c1nc2sc3c(c2c(=O)[nH]1)CC[C@H](C)C3. The van der Waals surface area contributed by atoms with Gasteiger partial charge in [-0.25, -0.2) is 9.78 Å². The van der Waals surface area contributed by atoms with Crippen molar-refractivity contribution in [1.82, 2.24) is 9.97 Å². The summed E-state index contributed by atoms with van der Waals surface area (Å²) < 4.78 is 5.45. The smallest absolute Gasteiger partial charge is 0.331 e. The molecule has 3 aromatic heterocycles. The van der Waals surface area contributed by atoms with Crippen molar-refractivity contribution >= 4 is 44.9 Å². The van der Waals surface area contributed by atoms with Crippen LogP contribution in [-0.4, -0.2) is 15.9 Å². The highest BCUT2D eigenvalue weighted by Crippen LogP contribution is 2.36. The van der Waals surface area contributed by atoms with E-state index in [1.807, 2.05) is 18.4 Å². The zero-order valence-corrected chi connectivity index (χ0v) is 17.7. The second kappa shape index (κ2) is 7.64. The number of hydrogen-bond donors (Lipinski definition) is 1. The van der Waals surface area contributed by atoms with E-state index >= 15 is 0 Å². The number of fused-ring (bicyclic) bond motifs is 3. The maximum absolute atomic E-state index is 12.7. The normalized spacial score (nSPS) is 17.8. The Morgan fingerprint density at radius 3 is 3.04 bits per heavy atom. The Morgan fingerprint density at radius 1 is 1.46 bits per heavy atom. The molecule has 0 aromatic carbocycles. The van der Waals surface area contributed by atoms with Gasteiger partial charge in [-0.15, -0.1) is 22.7 Å². The summed E-state index contributed by atoms with van der Waals surface area (Å²) in [6.45, 7) is 5.96. The molecular weight excluding hydrogens is 392 g/mol. The van der Waals surface area contributed by atoms with Crippen LogP contribution in [0.4, 0.5) is 0 Å². The molecule has 1 aliphatic carbocycles. The lowest BCUT2D eigenvalue weighted by Gasteiger charge is -2.17. The summed E-state index contributed by atoms with van der Waals surface area (Å²) in [5.74, 6) is 0.568. The standard InChI is InChI=1S/C21H22N2O3S2/c1-11-4-5-14-16(10-11)28-21-18(14)20(25)22-19(23-21)13(3)26-17(24)7-6-15-12(2)8-9-27-15/h6-9,11,13H,4-5,10H2,1-3H3,(H,22,23,25)/b7-6+/t11-,13-/m0/s1. The molecule has 1 N–H and O–H groups in total. The number of nitrogens with zero attached hydrogens (tertiary/aromatic N) is 1. The van der Waals surface area contributed by atoms with Crippen LogP contribution >= 0.6 is 22.7 Å². The van der Waals surface area contributed by atoms with Gasteiger partial charge >= 0.3 is 5.97 Å². The largest absolute Gasteiger partial charge is 0.451 e. The van der Waals surface area contributed by atoms with Gasteiger partial charge in [0, 0.05) is 15.8 Å². The summed E-state index contributed by atoms with van der Waals surface area (Å²) in [5.41, 5.74) is 2.13. The number of carbonyl (C=O) groups is 1. The number of aromatic amines is 1. The van der Waals surface area contributed by atoms with Crippen molar-refractivity contribution in [2.24, 2.45) is 5.92 Å². The van der Waals surface area contributed by atoms with Gasteiger partial charge in [0.15, 0.2) is 11.9 Å². The molecule has 0 fully saturated rings. The lowest BCUT2D eigenvalue weighted by atomic mass is 9.89. The Balaban J connectivity index is 1.55. The number of hydrogen-bond acceptors (Lipinski definition) is 6. The Morgan fingerprint density at radius 2 is 2.29 bits per heavy atom. The zero-order valence-electron chi connectivity index (χ0n) is 16.1. The summed E-state index contributed by atoms with van der Waals surface area (Å²) in [7, 11) is 0. The molecule has 0 spiro atoms. The maximum atomic E-state index is 12.7. The van der Waals surface area contributed by atoms with Crippen molar-refractivity contribution in [1.29, 1.82) is 0 Å². The molecule has 0 bridgehead atoms. The van der Waals surface area contributed by atoms with E-state index in [9.17, 15) is 9.59 Å². The van der Waals surface area contributed by atoms with Gasteiger partial charge in [0.2, 0.25) is 0 Å². The number of ether oxygens (including phenoxy) is 1. The van der Waals surface area contributed by atoms with Crippen molar-refractivity contribution in [2.45, 2.75) is 46.1 Å². The van der Waals surface area contributed by atoms with Crippen LogP contribution < -0.4 is 5.56 Å². The van der Waals surface area contributed by atoms with Crippen molar-refractivity contribution in [2.75, 3.05) is 0 Å². The number of aromatic nitrogens is 2. The first-order valence-electron chi connectivity index (χ1n) is 9.39. The maximum Gasteiger partial charge on any atom is 0.331 e. The fourth-order valence-electron chi connectivity index (χ4n) is 3.53. The molecule has 4 rings (SSSR count). The highest BCUT2D eigenvalue weighted by atomic mass is 32.1. The first-order valence-corrected chi connectivity index (χ1v) is 11.1. The molecule has 1 aliphatic rings. The topological polar surface area (TPSA) is 72.0 Å². The van der Waals surface area contributed by atoms with Crippen LogP contribution in [0.1, 0.15) is 53.1 Å². The minimum absolute atomic E-state index is 0.139. The number of carbonyl (C=O) groups excluding carboxylic acids is 1. The third-order valence-electron chi connectivity index (χ3n) is 5.13. The number of aryl methyl sites for hydroxylation is 2. The average molecular weight is 415 g/mol. The third-order valence-corrected chi connectivity index (χ3v) is 7.27. The summed E-state index contributed by atoms with van der Waals surface area (Å²) in [4.78, 5) is 35.3. The van der Waals surface area contributed by atoms with Gasteiger partial charge in [-0.3, -0.25) is 4.79 Å². The summed E-state index contributed by atoms with van der Waals surface area (Å²) in [6.07, 6.45) is 5.57. The van der Waals surface area contributed by atoms with Gasteiger partial charge in [0.25, 0.3) is 5.56 Å². The highest BCUT2D eigenvalue weighted by molar-refractivity contribution is 7.18. The molecule has 3 heterocycles. The minimum Gasteiger partial charge on any atom is -0.451 e. The van der Waals surface area contributed by atoms with E-state index in [1.165, 1.54) is 11.0 Å². The quantitative estimate of drug-likeness (QED) is 0.492. The molecule has 7 heteroatoms. The minimum atomic E-state index is -0.628. The molecule has 0 aliphatic heterocycles. The lowest BCUT2D eigenvalue weighted by molar-refractivity contribution is -0.142. The molecule has 0 radical (unpaired) electrons. The molecule has 0 amide bonds. The Bertz CT molecular complexity index is 1120. The highest BCUT2D eigenvalue weighted by Gasteiger charge is 2.24. The molecule has 0 unspecified atom stereocenters. The van der Waals surface area contributed by atoms with Crippen LogP contribution in [0, 0.1) is 12.8 Å². The van der Waals surface area contributed by atoms with Crippen LogP contribution in [-0.2, 0) is 22.4 Å². The van der Waals surface area contributed by atoms with Crippen LogP contribution in [0.15, 0.2) is 22.3 Å². The van der Waals surface area contributed by atoms with E-state index in [0.717, 1.165) is 40.1 Å². The fraction of sp³-hybridized carbons (Fsp3) is 0.381. The zero-order chi connectivity index (χ0) is 19.8. The van der Waals surface area contributed by atoms with Crippen LogP contribution in [0.3, 0.4) is 0 Å². The molecule has 3 aromatic rings. The predicted molar refractivity (Wildman–Crippen MR) is 114 cm³/mol. The second-order valence-electron chi connectivity index (χ2n) is 7.36. The van der Waals surface area contributed by atoms with Gasteiger partial charge in [0.05, 0.1) is 5.39 Å². The number of esters is 1. The average Bonchev–Trinajstić information content (AvgIpc) is 3.22. The molecule has 28 heavy (non-hydrogen) atoms. The molecular formula is C21H22N2O3S2. The van der Waals surface area contributed by atoms with Crippen molar-refractivity contribution < 1.29 is 9.53 Å². The monoisotopic (exact) mass is 414 g/mol. The Labute approximate surface area is 171 Å². The predicted octanol–water partition coefficient (Wildman–Crippen LogP) is 4.80. The number of H-pyrrole nitrogens is 1. The third kappa shape index (κ3) is 3.69. The van der Waals surface area contributed by atoms with Crippen molar-refractivity contribution in [3.05, 3.63) is 54.6 Å². The summed E-state index contributed by atoms with van der Waals surface area (Å²) >= 11 is 3.16. The van der Waals surface area contributed by atoms with Crippen molar-refractivity contribution in [3.8, 4) is 0 Å². The number of nitrogens with one attached hydrogen (secondary N) is 1. The second-order valence-corrected chi connectivity index (χ2v) is 9.39. The molecule has 0 saturated carbocycles. The van der Waals surface area contributed by atoms with Gasteiger partial charge < -0.3 is 9.72 Å². The first kappa shape index (κ1) is 19.1.